The maximum absolute atomic E-state index is 11.6. The third-order valence-corrected chi connectivity index (χ3v) is 5.32. The van der Waals surface area contributed by atoms with E-state index in [2.05, 4.69) is 20.9 Å². The highest BCUT2D eigenvalue weighted by Gasteiger charge is 2.27. The Labute approximate surface area is 161 Å². The average molecular weight is 389 g/mol. The molecule has 2 heterocycles. The summed E-state index contributed by atoms with van der Waals surface area (Å²) in [5, 5.41) is 20.2. The minimum absolute atomic E-state index is 0.0499. The first kappa shape index (κ1) is 19.1. The molecule has 1 aliphatic heterocycles. The van der Waals surface area contributed by atoms with Gasteiger partial charge in [-0.2, -0.15) is 0 Å². The fourth-order valence-electron chi connectivity index (χ4n) is 2.74. The van der Waals surface area contributed by atoms with Crippen LogP contribution in [0.25, 0.3) is 10.1 Å². The van der Waals surface area contributed by atoms with E-state index in [0.29, 0.717) is 19.0 Å². The minimum atomic E-state index is -0.691. The smallest absolute Gasteiger partial charge is 0.324 e. The molecule has 9 heteroatoms. The van der Waals surface area contributed by atoms with Gasteiger partial charge in [-0.1, -0.05) is 18.2 Å². The van der Waals surface area contributed by atoms with Crippen LogP contribution >= 0.6 is 11.3 Å². The number of nitrogens with zero attached hydrogens (tertiary/aromatic N) is 2. The van der Waals surface area contributed by atoms with Gasteiger partial charge in [-0.15, -0.1) is 11.3 Å². The van der Waals surface area contributed by atoms with Gasteiger partial charge in [0.25, 0.3) is 0 Å². The summed E-state index contributed by atoms with van der Waals surface area (Å²) in [7, 11) is 0. The van der Waals surface area contributed by atoms with E-state index in [0.717, 1.165) is 15.0 Å². The summed E-state index contributed by atoms with van der Waals surface area (Å²) >= 11 is 1.56. The number of benzene rings is 1. The van der Waals surface area contributed by atoms with Gasteiger partial charge >= 0.3 is 6.03 Å². The lowest BCUT2D eigenvalue weighted by atomic mass is 10.2. The molecule has 1 aromatic heterocycles. The molecule has 144 valence electrons. The molecule has 8 nitrogen and oxygen atoms in total. The van der Waals surface area contributed by atoms with Gasteiger partial charge < -0.3 is 21.1 Å². The van der Waals surface area contributed by atoms with Crippen LogP contribution in [0.2, 0.25) is 0 Å². The topological polar surface area (TPSA) is 106 Å². The molecular formula is C18H23N5O3S. The van der Waals surface area contributed by atoms with E-state index in [9.17, 15) is 14.7 Å². The standard InChI is InChI=1S/C18H23N5O3S/c1-2-19-17(20-7-8-23-16(25)11-22-18(23)26)21-10-13(24)15-9-12-5-3-4-6-14(12)27-15/h3-6,9,13,24H,2,7-8,10-11H2,1H3,(H,22,26)(H2,19,20,21). The van der Waals surface area contributed by atoms with Crippen molar-refractivity contribution < 1.29 is 14.7 Å². The van der Waals surface area contributed by atoms with Gasteiger partial charge in [0, 0.05) is 29.2 Å². The van der Waals surface area contributed by atoms with E-state index in [1.54, 1.807) is 11.3 Å². The van der Waals surface area contributed by atoms with E-state index >= 15 is 0 Å². The summed E-state index contributed by atoms with van der Waals surface area (Å²) < 4.78 is 1.13. The Hall–Kier alpha value is -2.65. The zero-order valence-corrected chi connectivity index (χ0v) is 15.9. The van der Waals surface area contributed by atoms with Crippen molar-refractivity contribution in [1.82, 2.24) is 20.9 Å². The Balaban J connectivity index is 1.56. The number of aliphatic imine (C=N–C) groups is 1. The number of guanidine groups is 1. The predicted octanol–water partition coefficient (Wildman–Crippen LogP) is 1.04. The number of aliphatic hydroxyl groups excluding tert-OH is 1. The third kappa shape index (κ3) is 4.75. The first-order chi connectivity index (χ1) is 13.1. The molecule has 0 aliphatic carbocycles. The summed E-state index contributed by atoms with van der Waals surface area (Å²) in [5.74, 6) is 0.300. The number of aliphatic hydroxyl groups is 1. The van der Waals surface area contributed by atoms with Gasteiger partial charge in [0.15, 0.2) is 5.96 Å². The van der Waals surface area contributed by atoms with Crippen LogP contribution in [0.4, 0.5) is 4.79 Å². The Morgan fingerprint density at radius 3 is 2.89 bits per heavy atom. The summed E-state index contributed by atoms with van der Waals surface area (Å²) in [6.07, 6.45) is -0.691. The van der Waals surface area contributed by atoms with Crippen molar-refractivity contribution in [1.29, 1.82) is 0 Å². The summed E-state index contributed by atoms with van der Waals surface area (Å²) in [4.78, 5) is 29.5. The molecule has 1 saturated heterocycles. The Morgan fingerprint density at radius 1 is 1.37 bits per heavy atom. The monoisotopic (exact) mass is 389 g/mol. The van der Waals surface area contributed by atoms with Crippen LogP contribution in [0.1, 0.15) is 17.9 Å². The predicted molar refractivity (Wildman–Crippen MR) is 106 cm³/mol. The highest BCUT2D eigenvalue weighted by Crippen LogP contribution is 2.29. The molecule has 3 amide bonds. The van der Waals surface area contributed by atoms with E-state index in [4.69, 9.17) is 0 Å². The lowest BCUT2D eigenvalue weighted by Crippen LogP contribution is -2.43. The van der Waals surface area contributed by atoms with E-state index in [1.807, 2.05) is 37.3 Å². The van der Waals surface area contributed by atoms with Gasteiger partial charge in [0.2, 0.25) is 5.91 Å². The fourth-order valence-corrected chi connectivity index (χ4v) is 3.79. The molecular weight excluding hydrogens is 366 g/mol. The second-order valence-electron chi connectivity index (χ2n) is 6.05. The first-order valence-corrected chi connectivity index (χ1v) is 9.67. The molecule has 3 rings (SSSR count). The maximum atomic E-state index is 11.6. The van der Waals surface area contributed by atoms with Crippen molar-refractivity contribution in [3.8, 4) is 0 Å². The highest BCUT2D eigenvalue weighted by molar-refractivity contribution is 7.19. The second kappa shape index (κ2) is 8.83. The number of amides is 3. The van der Waals surface area contributed by atoms with Gasteiger partial charge in [-0.25, -0.2) is 4.79 Å². The molecule has 2 aromatic rings. The lowest BCUT2D eigenvalue weighted by molar-refractivity contribution is -0.124. The SMILES string of the molecule is CCNC(=NCC(O)c1cc2ccccc2s1)NCCN1C(=O)CNC1=O. The molecule has 1 atom stereocenters. The number of hydrogen-bond acceptors (Lipinski definition) is 5. The average Bonchev–Trinajstić information content (AvgIpc) is 3.24. The zero-order valence-electron chi connectivity index (χ0n) is 15.1. The summed E-state index contributed by atoms with van der Waals surface area (Å²) in [6.45, 7) is 3.50. The van der Waals surface area contributed by atoms with Gasteiger partial charge in [-0.05, 0) is 24.4 Å². The molecule has 27 heavy (non-hydrogen) atoms. The number of imide groups is 1. The van der Waals surface area contributed by atoms with Crippen molar-refractivity contribution in [2.45, 2.75) is 13.0 Å². The number of thiophene rings is 1. The van der Waals surface area contributed by atoms with Crippen molar-refractivity contribution >= 4 is 39.3 Å². The molecule has 0 saturated carbocycles. The Bertz CT molecular complexity index is 801. The molecule has 1 aromatic carbocycles. The van der Waals surface area contributed by atoms with Gasteiger partial charge in [0.05, 0.1) is 13.1 Å². The Kier molecular flexibility index (Phi) is 6.25. The quantitative estimate of drug-likeness (QED) is 0.322. The number of urea groups is 1. The second-order valence-corrected chi connectivity index (χ2v) is 7.17. The molecule has 1 fully saturated rings. The van der Waals surface area contributed by atoms with Crippen LogP contribution < -0.4 is 16.0 Å². The summed E-state index contributed by atoms with van der Waals surface area (Å²) in [6, 6.07) is 9.61. The number of rotatable bonds is 7. The Morgan fingerprint density at radius 2 is 2.19 bits per heavy atom. The number of hydrogen-bond donors (Lipinski definition) is 4. The minimum Gasteiger partial charge on any atom is -0.386 e. The highest BCUT2D eigenvalue weighted by atomic mass is 32.1. The van der Waals surface area contributed by atoms with Gasteiger partial charge in [0.1, 0.15) is 6.10 Å². The van der Waals surface area contributed by atoms with Crippen LogP contribution in [-0.4, -0.2) is 60.6 Å². The molecule has 0 radical (unpaired) electrons. The normalized spacial score (nSPS) is 15.9. The number of nitrogens with one attached hydrogen (secondary N) is 3. The van der Waals surface area contributed by atoms with E-state index in [-0.39, 0.29) is 31.6 Å². The first-order valence-electron chi connectivity index (χ1n) is 8.85. The molecule has 1 aliphatic rings. The zero-order chi connectivity index (χ0) is 19.2. The number of carbonyl (C=O) groups is 2. The lowest BCUT2D eigenvalue weighted by Gasteiger charge is -2.15. The third-order valence-electron chi connectivity index (χ3n) is 4.10. The van der Waals surface area contributed by atoms with Crippen LogP contribution in [0.5, 0.6) is 0 Å². The van der Waals surface area contributed by atoms with Crippen LogP contribution in [0, 0.1) is 0 Å². The fraction of sp³-hybridized carbons (Fsp3) is 0.389. The maximum Gasteiger partial charge on any atom is 0.324 e. The molecule has 0 spiro atoms. The molecule has 4 N–H and O–H groups in total. The van der Waals surface area contributed by atoms with E-state index < -0.39 is 6.10 Å². The number of fused-ring (bicyclic) bond motifs is 1. The largest absolute Gasteiger partial charge is 0.386 e. The van der Waals surface area contributed by atoms with Crippen LogP contribution in [0.3, 0.4) is 0 Å². The number of carbonyl (C=O) groups excluding carboxylic acids is 2. The van der Waals surface area contributed by atoms with Crippen LogP contribution in [-0.2, 0) is 4.79 Å². The van der Waals surface area contributed by atoms with Gasteiger partial charge in [-0.3, -0.25) is 14.7 Å². The van der Waals surface area contributed by atoms with Crippen molar-refractivity contribution in [2.24, 2.45) is 4.99 Å². The van der Waals surface area contributed by atoms with Crippen molar-refractivity contribution in [3.05, 3.63) is 35.2 Å². The van der Waals surface area contributed by atoms with E-state index in [1.165, 1.54) is 4.90 Å². The summed E-state index contributed by atoms with van der Waals surface area (Å²) in [5.41, 5.74) is 0. The van der Waals surface area contributed by atoms with Crippen LogP contribution in [0.15, 0.2) is 35.3 Å². The molecule has 1 unspecified atom stereocenters. The van der Waals surface area contributed by atoms with Crippen molar-refractivity contribution in [3.63, 3.8) is 0 Å². The molecule has 0 bridgehead atoms. The van der Waals surface area contributed by atoms with Crippen molar-refractivity contribution in [2.75, 3.05) is 32.7 Å².